The lowest BCUT2D eigenvalue weighted by atomic mass is 10.2. The predicted molar refractivity (Wildman–Crippen MR) is 50.1 cm³/mol. The summed E-state index contributed by atoms with van der Waals surface area (Å²) in [5.74, 6) is -0.433. The van der Waals surface area contributed by atoms with Gasteiger partial charge in [0.25, 0.3) is 0 Å². The van der Waals surface area contributed by atoms with Gasteiger partial charge in [-0.25, -0.2) is 4.39 Å². The molecule has 0 aliphatic heterocycles. The molecule has 5 heteroatoms. The lowest BCUT2D eigenvalue weighted by Crippen LogP contribution is -1.83. The largest absolute Gasteiger partial charge is 0.259 e. The minimum Gasteiger partial charge on any atom is -0.259 e. The summed E-state index contributed by atoms with van der Waals surface area (Å²) in [6.07, 6.45) is 2.00. The fourth-order valence-corrected chi connectivity index (χ4v) is 1.30. The number of nitrogens with zero attached hydrogens (tertiary/aromatic N) is 1. The number of nitro groups is 1. The maximum Gasteiger partial charge on any atom is 0.235 e. The van der Waals surface area contributed by atoms with Crippen LogP contribution in [0.4, 0.5) is 4.39 Å². The second-order valence-corrected chi connectivity index (χ2v) is 3.22. The van der Waals surface area contributed by atoms with Gasteiger partial charge in [-0.1, -0.05) is 15.9 Å². The van der Waals surface area contributed by atoms with Gasteiger partial charge in [0, 0.05) is 10.5 Å². The summed E-state index contributed by atoms with van der Waals surface area (Å²) in [5, 5.41) is 9.96. The minimum absolute atomic E-state index is 0.433. The topological polar surface area (TPSA) is 43.1 Å². The van der Waals surface area contributed by atoms with E-state index < -0.39 is 10.7 Å². The molecule has 0 aliphatic rings. The molecule has 0 spiro atoms. The Kier molecular flexibility index (Phi) is 3.13. The highest BCUT2D eigenvalue weighted by molar-refractivity contribution is 9.10. The van der Waals surface area contributed by atoms with E-state index in [1.54, 1.807) is 6.07 Å². The fraction of sp³-hybridized carbons (Fsp3) is 0. The van der Waals surface area contributed by atoms with Crippen LogP contribution in [0, 0.1) is 15.9 Å². The molecule has 0 bridgehead atoms. The first-order valence-electron chi connectivity index (χ1n) is 3.36. The standard InChI is InChI=1S/C8H5BrFNO2/c9-7-3-6(1-2-11(12)13)4-8(10)5-7/h1-5H/b2-1+. The summed E-state index contributed by atoms with van der Waals surface area (Å²) < 4.78 is 13.3. The molecule has 1 rings (SSSR count). The maximum atomic E-state index is 12.7. The Morgan fingerprint density at radius 2 is 2.15 bits per heavy atom. The number of halogens is 2. The van der Waals surface area contributed by atoms with Crippen LogP contribution in [0.2, 0.25) is 0 Å². The van der Waals surface area contributed by atoms with Crippen molar-refractivity contribution in [1.29, 1.82) is 0 Å². The quantitative estimate of drug-likeness (QED) is 0.594. The van der Waals surface area contributed by atoms with Crippen molar-refractivity contribution >= 4 is 22.0 Å². The Labute approximate surface area is 82.2 Å². The van der Waals surface area contributed by atoms with Crippen molar-refractivity contribution in [2.45, 2.75) is 0 Å². The summed E-state index contributed by atoms with van der Waals surface area (Å²) >= 11 is 3.08. The van der Waals surface area contributed by atoms with E-state index in [0.29, 0.717) is 10.0 Å². The van der Waals surface area contributed by atoms with Gasteiger partial charge in [-0.2, -0.15) is 0 Å². The molecule has 0 radical (unpaired) electrons. The van der Waals surface area contributed by atoms with Crippen molar-refractivity contribution in [3.8, 4) is 0 Å². The number of rotatable bonds is 2. The van der Waals surface area contributed by atoms with Crippen molar-refractivity contribution in [2.75, 3.05) is 0 Å². The zero-order chi connectivity index (χ0) is 9.84. The SMILES string of the molecule is O=[N+]([O-])/C=C/c1cc(F)cc(Br)c1. The second kappa shape index (κ2) is 4.13. The van der Waals surface area contributed by atoms with Gasteiger partial charge in [-0.3, -0.25) is 10.1 Å². The number of hydrogen-bond donors (Lipinski definition) is 0. The molecule has 3 nitrogen and oxygen atoms in total. The first-order chi connectivity index (χ1) is 6.08. The van der Waals surface area contributed by atoms with Crippen LogP contribution in [-0.2, 0) is 0 Å². The van der Waals surface area contributed by atoms with E-state index in [-0.39, 0.29) is 0 Å². The Hall–Kier alpha value is -1.23. The summed E-state index contributed by atoms with van der Waals surface area (Å²) in [5.41, 5.74) is 0.448. The lowest BCUT2D eigenvalue weighted by molar-refractivity contribution is -0.400. The molecule has 0 N–H and O–H groups in total. The van der Waals surface area contributed by atoms with Gasteiger partial charge in [0.05, 0.1) is 4.92 Å². The molecule has 0 unspecified atom stereocenters. The Bertz CT molecular complexity index is 345. The number of benzene rings is 1. The van der Waals surface area contributed by atoms with Crippen LogP contribution in [0.1, 0.15) is 5.56 Å². The van der Waals surface area contributed by atoms with Crippen molar-refractivity contribution < 1.29 is 9.31 Å². The highest BCUT2D eigenvalue weighted by Gasteiger charge is 1.96. The Balaban J connectivity index is 2.95. The van der Waals surface area contributed by atoms with Crippen molar-refractivity contribution in [3.63, 3.8) is 0 Å². The molecular formula is C8H5BrFNO2. The van der Waals surface area contributed by atoms with Gasteiger partial charge in [0.1, 0.15) is 5.82 Å². The first-order valence-corrected chi connectivity index (χ1v) is 4.15. The normalized spacial score (nSPS) is 10.6. The monoisotopic (exact) mass is 245 g/mol. The van der Waals surface area contributed by atoms with Gasteiger partial charge in [0.15, 0.2) is 0 Å². The van der Waals surface area contributed by atoms with Gasteiger partial charge in [-0.15, -0.1) is 0 Å². The van der Waals surface area contributed by atoms with Crippen LogP contribution in [0.5, 0.6) is 0 Å². The van der Waals surface area contributed by atoms with E-state index in [4.69, 9.17) is 0 Å². The van der Waals surface area contributed by atoms with Crippen molar-refractivity contribution in [1.82, 2.24) is 0 Å². The minimum atomic E-state index is -0.598. The van der Waals surface area contributed by atoms with Gasteiger partial charge in [0.2, 0.25) is 6.20 Å². The van der Waals surface area contributed by atoms with Crippen molar-refractivity contribution in [2.24, 2.45) is 0 Å². The third kappa shape index (κ3) is 3.33. The lowest BCUT2D eigenvalue weighted by Gasteiger charge is -1.94. The second-order valence-electron chi connectivity index (χ2n) is 2.30. The molecule has 1 aromatic rings. The van der Waals surface area contributed by atoms with Crippen LogP contribution in [0.25, 0.3) is 6.08 Å². The van der Waals surface area contributed by atoms with Crippen LogP contribution in [-0.4, -0.2) is 4.92 Å². The smallest absolute Gasteiger partial charge is 0.235 e. The van der Waals surface area contributed by atoms with Crippen LogP contribution in [0.3, 0.4) is 0 Å². The Morgan fingerprint density at radius 3 is 2.69 bits per heavy atom. The summed E-state index contributed by atoms with van der Waals surface area (Å²) in [4.78, 5) is 9.36. The molecule has 0 atom stereocenters. The van der Waals surface area contributed by atoms with Crippen molar-refractivity contribution in [3.05, 3.63) is 50.4 Å². The van der Waals surface area contributed by atoms with E-state index in [0.717, 1.165) is 6.20 Å². The highest BCUT2D eigenvalue weighted by atomic mass is 79.9. The van der Waals surface area contributed by atoms with E-state index in [9.17, 15) is 14.5 Å². The molecule has 0 aliphatic carbocycles. The zero-order valence-corrected chi connectivity index (χ0v) is 7.99. The van der Waals surface area contributed by atoms with Gasteiger partial charge < -0.3 is 0 Å². The van der Waals surface area contributed by atoms with E-state index in [2.05, 4.69) is 15.9 Å². The van der Waals surface area contributed by atoms with Crippen LogP contribution >= 0.6 is 15.9 Å². The Morgan fingerprint density at radius 1 is 1.46 bits per heavy atom. The molecule has 0 saturated carbocycles. The average Bonchev–Trinajstić information content (AvgIpc) is 1.99. The third-order valence-corrected chi connectivity index (χ3v) is 1.73. The fourth-order valence-electron chi connectivity index (χ4n) is 0.818. The molecule has 0 aromatic heterocycles. The summed E-state index contributed by atoms with van der Waals surface area (Å²) in [7, 11) is 0. The van der Waals surface area contributed by atoms with E-state index in [1.165, 1.54) is 18.2 Å². The zero-order valence-electron chi connectivity index (χ0n) is 6.41. The van der Waals surface area contributed by atoms with E-state index >= 15 is 0 Å². The maximum absolute atomic E-state index is 12.7. The summed E-state index contributed by atoms with van der Waals surface area (Å²) in [6.45, 7) is 0. The average molecular weight is 246 g/mol. The molecule has 68 valence electrons. The molecule has 13 heavy (non-hydrogen) atoms. The third-order valence-electron chi connectivity index (χ3n) is 1.27. The highest BCUT2D eigenvalue weighted by Crippen LogP contribution is 2.15. The van der Waals surface area contributed by atoms with E-state index in [1.807, 2.05) is 0 Å². The van der Waals surface area contributed by atoms with Gasteiger partial charge >= 0.3 is 0 Å². The number of hydrogen-bond acceptors (Lipinski definition) is 2. The molecule has 1 aromatic carbocycles. The molecule has 0 amide bonds. The summed E-state index contributed by atoms with van der Waals surface area (Å²) in [6, 6.07) is 4.08. The molecule has 0 heterocycles. The molecule has 0 saturated heterocycles. The van der Waals surface area contributed by atoms with Crippen LogP contribution in [0.15, 0.2) is 28.9 Å². The first kappa shape index (κ1) is 9.85. The molecular weight excluding hydrogens is 241 g/mol. The molecule has 0 fully saturated rings. The predicted octanol–water partition coefficient (Wildman–Crippen LogP) is 2.84. The van der Waals surface area contributed by atoms with Crippen LogP contribution < -0.4 is 0 Å². The van der Waals surface area contributed by atoms with Gasteiger partial charge in [-0.05, 0) is 23.8 Å².